The van der Waals surface area contributed by atoms with Crippen LogP contribution >= 0.6 is 11.3 Å². The lowest BCUT2D eigenvalue weighted by Crippen LogP contribution is -2.14. The Labute approximate surface area is 132 Å². The van der Waals surface area contributed by atoms with E-state index in [1.54, 1.807) is 6.20 Å². The van der Waals surface area contributed by atoms with Gasteiger partial charge in [0.05, 0.1) is 11.9 Å². The summed E-state index contributed by atoms with van der Waals surface area (Å²) in [7, 11) is 0. The molecule has 5 nitrogen and oxygen atoms in total. The maximum atomic E-state index is 12.2. The van der Waals surface area contributed by atoms with Crippen LogP contribution in [0.1, 0.15) is 23.9 Å². The van der Waals surface area contributed by atoms with E-state index in [4.69, 9.17) is 0 Å². The number of carbonyl (C=O) groups is 1. The Hall–Kier alpha value is -2.34. The Balaban J connectivity index is 1.72. The molecule has 0 atom stereocenters. The summed E-state index contributed by atoms with van der Waals surface area (Å²) in [4.78, 5) is 16.6. The lowest BCUT2D eigenvalue weighted by molar-refractivity contribution is -0.115. The molecule has 3 rings (SSSR count). The lowest BCUT2D eigenvalue weighted by atomic mass is 10.1. The molecule has 1 amide bonds. The van der Waals surface area contributed by atoms with Crippen LogP contribution < -0.4 is 5.32 Å². The fourth-order valence-electron chi connectivity index (χ4n) is 2.27. The summed E-state index contributed by atoms with van der Waals surface area (Å²) in [6, 6.07) is 9.74. The number of carbonyl (C=O) groups excluding carboxylic acids is 1. The summed E-state index contributed by atoms with van der Waals surface area (Å²) in [6.07, 6.45) is 3.92. The van der Waals surface area contributed by atoms with Crippen molar-refractivity contribution in [2.75, 3.05) is 5.32 Å². The highest BCUT2D eigenvalue weighted by molar-refractivity contribution is 7.15. The number of amides is 1. The molecule has 0 unspecified atom stereocenters. The first-order chi connectivity index (χ1) is 10.8. The minimum atomic E-state index is -0.0997. The highest BCUT2D eigenvalue weighted by Gasteiger charge is 2.11. The SMILES string of the molecule is CCCc1nnc(NC(=O)Cc2cccc3cccnc23)s1. The van der Waals surface area contributed by atoms with Crippen LogP contribution in [0.25, 0.3) is 10.9 Å². The van der Waals surface area contributed by atoms with Crippen LogP contribution in [0.15, 0.2) is 36.5 Å². The summed E-state index contributed by atoms with van der Waals surface area (Å²) in [5.41, 5.74) is 1.78. The van der Waals surface area contributed by atoms with Crippen molar-refractivity contribution in [1.29, 1.82) is 0 Å². The second kappa shape index (κ2) is 6.62. The van der Waals surface area contributed by atoms with Crippen molar-refractivity contribution in [3.63, 3.8) is 0 Å². The summed E-state index contributed by atoms with van der Waals surface area (Å²) >= 11 is 1.43. The van der Waals surface area contributed by atoms with E-state index in [9.17, 15) is 4.79 Å². The second-order valence-corrected chi connectivity index (χ2v) is 6.03. The van der Waals surface area contributed by atoms with Crippen LogP contribution in [0, 0.1) is 0 Å². The van der Waals surface area contributed by atoms with Crippen molar-refractivity contribution < 1.29 is 4.79 Å². The van der Waals surface area contributed by atoms with Gasteiger partial charge in [-0.2, -0.15) is 0 Å². The fourth-order valence-corrected chi connectivity index (χ4v) is 3.12. The summed E-state index contributed by atoms with van der Waals surface area (Å²) in [5, 5.41) is 13.4. The van der Waals surface area contributed by atoms with Gasteiger partial charge in [0.25, 0.3) is 0 Å². The number of nitrogens with zero attached hydrogens (tertiary/aromatic N) is 3. The third-order valence-electron chi connectivity index (χ3n) is 3.24. The van der Waals surface area contributed by atoms with Gasteiger partial charge in [0.2, 0.25) is 11.0 Å². The molecular weight excluding hydrogens is 296 g/mol. The van der Waals surface area contributed by atoms with E-state index < -0.39 is 0 Å². The van der Waals surface area contributed by atoms with Gasteiger partial charge in [0.15, 0.2) is 0 Å². The molecule has 0 spiro atoms. The van der Waals surface area contributed by atoms with Gasteiger partial charge in [-0.3, -0.25) is 9.78 Å². The van der Waals surface area contributed by atoms with Crippen molar-refractivity contribution in [2.24, 2.45) is 0 Å². The number of rotatable bonds is 5. The van der Waals surface area contributed by atoms with Gasteiger partial charge in [-0.05, 0) is 18.1 Å². The molecule has 0 bridgehead atoms. The monoisotopic (exact) mass is 312 g/mol. The predicted molar refractivity (Wildman–Crippen MR) is 88.0 cm³/mol. The molecule has 1 aromatic carbocycles. The number of hydrogen-bond donors (Lipinski definition) is 1. The van der Waals surface area contributed by atoms with Crippen molar-refractivity contribution in [3.05, 3.63) is 47.1 Å². The number of pyridine rings is 1. The van der Waals surface area contributed by atoms with Gasteiger partial charge in [-0.25, -0.2) is 0 Å². The zero-order valence-electron chi connectivity index (χ0n) is 12.2. The normalized spacial score (nSPS) is 10.8. The highest BCUT2D eigenvalue weighted by atomic mass is 32.1. The number of fused-ring (bicyclic) bond motifs is 1. The zero-order chi connectivity index (χ0) is 15.4. The molecule has 0 radical (unpaired) electrons. The number of anilines is 1. The van der Waals surface area contributed by atoms with E-state index >= 15 is 0 Å². The first-order valence-electron chi connectivity index (χ1n) is 7.21. The van der Waals surface area contributed by atoms with E-state index in [1.807, 2.05) is 30.3 Å². The van der Waals surface area contributed by atoms with Crippen LogP contribution in [-0.4, -0.2) is 21.1 Å². The second-order valence-electron chi connectivity index (χ2n) is 4.97. The Morgan fingerprint density at radius 3 is 2.95 bits per heavy atom. The van der Waals surface area contributed by atoms with Crippen LogP contribution in [0.4, 0.5) is 5.13 Å². The first-order valence-corrected chi connectivity index (χ1v) is 8.03. The van der Waals surface area contributed by atoms with Gasteiger partial charge >= 0.3 is 0 Å². The quantitative estimate of drug-likeness (QED) is 0.785. The van der Waals surface area contributed by atoms with Gasteiger partial charge < -0.3 is 5.32 Å². The van der Waals surface area contributed by atoms with Crippen molar-refractivity contribution in [2.45, 2.75) is 26.2 Å². The molecule has 112 valence electrons. The maximum absolute atomic E-state index is 12.2. The summed E-state index contributed by atoms with van der Waals surface area (Å²) in [5.74, 6) is -0.0997. The fraction of sp³-hybridized carbons (Fsp3) is 0.250. The van der Waals surface area contributed by atoms with E-state index in [0.717, 1.165) is 34.3 Å². The Morgan fingerprint density at radius 2 is 2.09 bits per heavy atom. The zero-order valence-corrected chi connectivity index (χ0v) is 13.1. The molecule has 0 saturated heterocycles. The molecule has 1 N–H and O–H groups in total. The maximum Gasteiger partial charge on any atom is 0.230 e. The molecule has 2 aromatic heterocycles. The van der Waals surface area contributed by atoms with Crippen molar-refractivity contribution in [1.82, 2.24) is 15.2 Å². The van der Waals surface area contributed by atoms with Gasteiger partial charge in [-0.1, -0.05) is 42.5 Å². The smallest absolute Gasteiger partial charge is 0.230 e. The van der Waals surface area contributed by atoms with Gasteiger partial charge in [0.1, 0.15) is 5.01 Å². The summed E-state index contributed by atoms with van der Waals surface area (Å²) in [6.45, 7) is 2.09. The lowest BCUT2D eigenvalue weighted by Gasteiger charge is -2.05. The van der Waals surface area contributed by atoms with Gasteiger partial charge in [0, 0.05) is 18.0 Å². The topological polar surface area (TPSA) is 67.8 Å². The molecule has 3 aromatic rings. The molecule has 2 heterocycles. The molecule has 0 fully saturated rings. The standard InChI is InChI=1S/C16H16N4OS/c1-2-5-14-19-20-16(22-14)18-13(21)10-12-7-3-6-11-8-4-9-17-15(11)12/h3-4,6-9H,2,5,10H2,1H3,(H,18,20,21). The molecule has 22 heavy (non-hydrogen) atoms. The highest BCUT2D eigenvalue weighted by Crippen LogP contribution is 2.19. The summed E-state index contributed by atoms with van der Waals surface area (Å²) < 4.78 is 0. The largest absolute Gasteiger partial charge is 0.300 e. The predicted octanol–water partition coefficient (Wildman–Crippen LogP) is 3.22. The van der Waals surface area contributed by atoms with Crippen molar-refractivity contribution in [3.8, 4) is 0 Å². The number of hydrogen-bond acceptors (Lipinski definition) is 5. The van der Waals surface area contributed by atoms with E-state index in [-0.39, 0.29) is 12.3 Å². The third-order valence-corrected chi connectivity index (χ3v) is 4.14. The number of aryl methyl sites for hydroxylation is 1. The van der Waals surface area contributed by atoms with Crippen LogP contribution in [0.3, 0.4) is 0 Å². The van der Waals surface area contributed by atoms with E-state index in [2.05, 4.69) is 27.4 Å². The molecule has 0 saturated carbocycles. The molecular formula is C16H16N4OS. The van der Waals surface area contributed by atoms with Crippen LogP contribution in [-0.2, 0) is 17.6 Å². The minimum absolute atomic E-state index is 0.0997. The Morgan fingerprint density at radius 1 is 1.23 bits per heavy atom. The number of para-hydroxylation sites is 1. The number of aromatic nitrogens is 3. The first kappa shape index (κ1) is 14.6. The molecule has 0 aliphatic heterocycles. The minimum Gasteiger partial charge on any atom is -0.300 e. The Kier molecular flexibility index (Phi) is 4.39. The van der Waals surface area contributed by atoms with E-state index in [1.165, 1.54) is 11.3 Å². The number of nitrogens with one attached hydrogen (secondary N) is 1. The van der Waals surface area contributed by atoms with E-state index in [0.29, 0.717) is 5.13 Å². The molecule has 0 aliphatic carbocycles. The average Bonchev–Trinajstić information content (AvgIpc) is 2.95. The third kappa shape index (κ3) is 3.28. The van der Waals surface area contributed by atoms with Crippen LogP contribution in [0.2, 0.25) is 0 Å². The van der Waals surface area contributed by atoms with Gasteiger partial charge in [-0.15, -0.1) is 10.2 Å². The molecule has 0 aliphatic rings. The average molecular weight is 312 g/mol. The Bertz CT molecular complexity index is 794. The number of benzene rings is 1. The molecule has 6 heteroatoms. The van der Waals surface area contributed by atoms with Crippen LogP contribution in [0.5, 0.6) is 0 Å². The van der Waals surface area contributed by atoms with Crippen molar-refractivity contribution >= 4 is 33.3 Å².